The average molecular weight is 234 g/mol. The van der Waals surface area contributed by atoms with Crippen LogP contribution in [0.25, 0.3) is 0 Å². The first-order valence-corrected chi connectivity index (χ1v) is 4.60. The van der Waals surface area contributed by atoms with E-state index in [2.05, 4.69) is 9.68 Å². The second-order valence-corrected chi connectivity index (χ2v) is 2.91. The van der Waals surface area contributed by atoms with Crippen LogP contribution < -0.4 is 5.73 Å². The van der Waals surface area contributed by atoms with E-state index in [1.165, 1.54) is 12.3 Å². The highest BCUT2D eigenvalue weighted by atomic mass is 16.5. The molecular formula is C11H10N2O4. The molecule has 2 rings (SSSR count). The molecule has 0 saturated carbocycles. The molecule has 1 aromatic carbocycles. The molecule has 2 aromatic rings. The molecule has 0 saturated heterocycles. The number of aromatic nitrogens is 1. The zero-order chi connectivity index (χ0) is 12.7. The van der Waals surface area contributed by atoms with E-state index in [4.69, 9.17) is 10.8 Å². The lowest BCUT2D eigenvalue weighted by Gasteiger charge is -1.89. The quantitative estimate of drug-likeness (QED) is 0.810. The van der Waals surface area contributed by atoms with Crippen molar-refractivity contribution in [3.8, 4) is 0 Å². The maximum atomic E-state index is 10.4. The lowest BCUT2D eigenvalue weighted by molar-refractivity contribution is 0.0652. The fraction of sp³-hybridized carbons (Fsp3) is 0. The van der Waals surface area contributed by atoms with E-state index in [1.54, 1.807) is 24.3 Å². The van der Waals surface area contributed by atoms with Gasteiger partial charge in [0.25, 0.3) is 0 Å². The Morgan fingerprint density at radius 3 is 2.12 bits per heavy atom. The molecule has 0 unspecified atom stereocenters. The third-order valence-corrected chi connectivity index (χ3v) is 1.71. The highest BCUT2D eigenvalue weighted by Crippen LogP contribution is 1.95. The molecule has 0 aliphatic rings. The van der Waals surface area contributed by atoms with Crippen molar-refractivity contribution in [2.24, 2.45) is 5.73 Å². The number of nitrogens with two attached hydrogens (primary N) is 1. The summed E-state index contributed by atoms with van der Waals surface area (Å²) in [5, 5.41) is 11.3. The van der Waals surface area contributed by atoms with E-state index in [1.807, 2.05) is 6.07 Å². The summed E-state index contributed by atoms with van der Waals surface area (Å²) in [5.74, 6) is -1.61. The molecule has 88 valence electrons. The maximum Gasteiger partial charge on any atom is 0.374 e. The summed E-state index contributed by atoms with van der Waals surface area (Å²) in [6, 6.07) is 10.0. The topological polar surface area (TPSA) is 106 Å². The van der Waals surface area contributed by atoms with Gasteiger partial charge >= 0.3 is 5.97 Å². The number of carbonyl (C=O) groups excluding carboxylic acids is 1. The molecule has 0 aliphatic heterocycles. The highest BCUT2D eigenvalue weighted by Gasteiger charge is 2.03. The third-order valence-electron chi connectivity index (χ3n) is 1.71. The Morgan fingerprint density at radius 2 is 1.82 bits per heavy atom. The van der Waals surface area contributed by atoms with Gasteiger partial charge in [-0.1, -0.05) is 23.4 Å². The lowest BCUT2D eigenvalue weighted by atomic mass is 10.2. The van der Waals surface area contributed by atoms with Crippen molar-refractivity contribution in [3.05, 3.63) is 53.9 Å². The molecule has 0 spiro atoms. The number of hydrogen-bond acceptors (Lipinski definition) is 4. The average Bonchev–Trinajstić information content (AvgIpc) is 2.84. The van der Waals surface area contributed by atoms with Crippen LogP contribution in [-0.4, -0.2) is 22.1 Å². The van der Waals surface area contributed by atoms with Gasteiger partial charge in [0.15, 0.2) is 0 Å². The number of benzene rings is 1. The van der Waals surface area contributed by atoms with Crippen LogP contribution in [0.5, 0.6) is 0 Å². The molecule has 0 bridgehead atoms. The largest absolute Gasteiger partial charge is 0.475 e. The van der Waals surface area contributed by atoms with Crippen molar-refractivity contribution < 1.29 is 19.2 Å². The summed E-state index contributed by atoms with van der Waals surface area (Å²) in [5.41, 5.74) is 5.53. The summed E-state index contributed by atoms with van der Waals surface area (Å²) in [4.78, 5) is 20.4. The Bertz CT molecular complexity index is 479. The van der Waals surface area contributed by atoms with Crippen LogP contribution >= 0.6 is 0 Å². The van der Waals surface area contributed by atoms with Gasteiger partial charge < -0.3 is 15.4 Å². The number of carboxylic acid groups (broad SMARTS) is 1. The van der Waals surface area contributed by atoms with Crippen LogP contribution in [0.4, 0.5) is 0 Å². The zero-order valence-corrected chi connectivity index (χ0v) is 8.74. The van der Waals surface area contributed by atoms with Gasteiger partial charge in [0, 0.05) is 11.6 Å². The predicted molar refractivity (Wildman–Crippen MR) is 58.4 cm³/mol. The summed E-state index contributed by atoms with van der Waals surface area (Å²) < 4.78 is 4.25. The van der Waals surface area contributed by atoms with Crippen LogP contribution in [-0.2, 0) is 0 Å². The van der Waals surface area contributed by atoms with Gasteiger partial charge in [-0.25, -0.2) is 4.79 Å². The number of primary amides is 1. The maximum absolute atomic E-state index is 10.4. The Hall–Kier alpha value is -2.63. The van der Waals surface area contributed by atoms with Crippen molar-refractivity contribution in [2.75, 3.05) is 0 Å². The molecule has 0 aliphatic carbocycles. The minimum absolute atomic E-state index is 0.134. The molecular weight excluding hydrogens is 224 g/mol. The van der Waals surface area contributed by atoms with Crippen molar-refractivity contribution in [2.45, 2.75) is 0 Å². The molecule has 1 heterocycles. The van der Waals surface area contributed by atoms with E-state index in [0.29, 0.717) is 5.56 Å². The number of amides is 1. The van der Waals surface area contributed by atoms with Crippen LogP contribution in [0.15, 0.2) is 47.1 Å². The van der Waals surface area contributed by atoms with E-state index < -0.39 is 5.97 Å². The monoisotopic (exact) mass is 234 g/mol. The van der Waals surface area contributed by atoms with E-state index >= 15 is 0 Å². The van der Waals surface area contributed by atoms with Crippen molar-refractivity contribution in [3.63, 3.8) is 0 Å². The van der Waals surface area contributed by atoms with E-state index in [9.17, 15) is 9.59 Å². The number of rotatable bonds is 2. The number of carboxylic acids is 1. The van der Waals surface area contributed by atoms with Gasteiger partial charge in [0.1, 0.15) is 0 Å². The van der Waals surface area contributed by atoms with Crippen LogP contribution in [0.1, 0.15) is 20.9 Å². The number of carbonyl (C=O) groups is 2. The Balaban J connectivity index is 0.000000171. The van der Waals surface area contributed by atoms with Gasteiger partial charge in [0.05, 0.1) is 6.20 Å². The van der Waals surface area contributed by atoms with Gasteiger partial charge in [-0.2, -0.15) is 0 Å². The molecule has 0 fully saturated rings. The number of hydrogen-bond donors (Lipinski definition) is 2. The summed E-state index contributed by atoms with van der Waals surface area (Å²) >= 11 is 0. The molecule has 1 aromatic heterocycles. The summed E-state index contributed by atoms with van der Waals surface area (Å²) in [6.45, 7) is 0. The van der Waals surface area contributed by atoms with Crippen molar-refractivity contribution in [1.29, 1.82) is 0 Å². The fourth-order valence-electron chi connectivity index (χ4n) is 0.929. The molecule has 3 N–H and O–H groups in total. The highest BCUT2D eigenvalue weighted by molar-refractivity contribution is 5.92. The Labute approximate surface area is 96.6 Å². The minimum Gasteiger partial charge on any atom is -0.475 e. The summed E-state index contributed by atoms with van der Waals surface area (Å²) in [7, 11) is 0. The molecule has 0 atom stereocenters. The molecule has 1 amide bonds. The Kier molecular flexibility index (Phi) is 4.44. The van der Waals surface area contributed by atoms with E-state index in [0.717, 1.165) is 0 Å². The first-order valence-electron chi connectivity index (χ1n) is 4.60. The predicted octanol–water partition coefficient (Wildman–Crippen LogP) is 1.16. The first-order chi connectivity index (χ1) is 8.11. The van der Waals surface area contributed by atoms with E-state index in [-0.39, 0.29) is 11.7 Å². The van der Waals surface area contributed by atoms with Gasteiger partial charge in [-0.15, -0.1) is 0 Å². The van der Waals surface area contributed by atoms with Crippen molar-refractivity contribution in [1.82, 2.24) is 5.16 Å². The van der Waals surface area contributed by atoms with Crippen LogP contribution in [0.3, 0.4) is 0 Å². The van der Waals surface area contributed by atoms with Crippen LogP contribution in [0.2, 0.25) is 0 Å². The smallest absolute Gasteiger partial charge is 0.374 e. The second-order valence-electron chi connectivity index (χ2n) is 2.91. The standard InChI is InChI=1S/C7H7NO.C4H3NO3/c8-7(9)6-4-2-1-3-5-6;6-4(7)3-1-2-5-8-3/h1-5H,(H2,8,9);1-2H,(H,6,7). The summed E-state index contributed by atoms with van der Waals surface area (Å²) in [6.07, 6.45) is 1.28. The normalized spacial score (nSPS) is 8.94. The SMILES string of the molecule is NC(=O)c1ccccc1.O=C(O)c1ccno1. The van der Waals surface area contributed by atoms with Gasteiger partial charge in [-0.05, 0) is 12.1 Å². The zero-order valence-electron chi connectivity index (χ0n) is 8.74. The minimum atomic E-state index is -1.09. The number of aromatic carboxylic acids is 1. The molecule has 0 radical (unpaired) electrons. The third kappa shape index (κ3) is 4.17. The first kappa shape index (κ1) is 12.4. The van der Waals surface area contributed by atoms with Gasteiger partial charge in [0.2, 0.25) is 11.7 Å². The second kappa shape index (κ2) is 6.06. The molecule has 6 heteroatoms. The fourth-order valence-corrected chi connectivity index (χ4v) is 0.929. The van der Waals surface area contributed by atoms with Gasteiger partial charge in [-0.3, -0.25) is 4.79 Å². The lowest BCUT2D eigenvalue weighted by Crippen LogP contribution is -2.09. The molecule has 6 nitrogen and oxygen atoms in total. The number of nitrogens with zero attached hydrogens (tertiary/aromatic N) is 1. The van der Waals surface area contributed by atoms with Crippen LogP contribution in [0, 0.1) is 0 Å². The van der Waals surface area contributed by atoms with Crippen molar-refractivity contribution >= 4 is 11.9 Å². The Morgan fingerprint density at radius 1 is 1.18 bits per heavy atom. The molecule has 17 heavy (non-hydrogen) atoms.